The molecule has 4 aliphatic carbocycles. The van der Waals surface area contributed by atoms with E-state index in [4.69, 9.17) is 0 Å². The van der Waals surface area contributed by atoms with Crippen LogP contribution in [0.15, 0.2) is 121 Å². The molecule has 0 bridgehead atoms. The number of aryl methyl sites for hydroxylation is 8. The fourth-order valence-corrected chi connectivity index (χ4v) is 15.2. The number of hydrogen-bond donors (Lipinski definition) is 0. The summed E-state index contributed by atoms with van der Waals surface area (Å²) >= 11 is 0. The summed E-state index contributed by atoms with van der Waals surface area (Å²) in [6.45, 7) is 0.112. The fraction of sp³-hybridized carbons (Fsp3) is 0.400. The highest BCUT2D eigenvalue weighted by Gasteiger charge is 2.45. The maximum atomic E-state index is 2.80. The van der Waals surface area contributed by atoms with Crippen LogP contribution in [0.3, 0.4) is 0 Å². The molecule has 0 saturated carbocycles. The Balaban J connectivity index is 1.10. The SMILES string of the molecule is c1ccc2c(c1)c1ccccc1n2-c1cc2c3c(c1)N(c1ccc4c(c1)CCCCCCC4)c1cc4c(cc1B3c1cc3c(cc1N2c1ccc2c(c1)CCCCCCC2)CCCCCCC3)CCCCCCC4. The van der Waals surface area contributed by atoms with E-state index in [0.717, 1.165) is 0 Å². The van der Waals surface area contributed by atoms with Crippen LogP contribution in [0.1, 0.15) is 173 Å². The van der Waals surface area contributed by atoms with Gasteiger partial charge in [-0.25, -0.2) is 0 Å². The Labute approximate surface area is 442 Å². The van der Waals surface area contributed by atoms with Crippen LogP contribution in [0, 0.1) is 0 Å². The molecule has 4 heteroatoms. The van der Waals surface area contributed by atoms with Crippen LogP contribution in [0.5, 0.6) is 0 Å². The van der Waals surface area contributed by atoms with Gasteiger partial charge in [0.15, 0.2) is 0 Å². The number of hydrogen-bond acceptors (Lipinski definition) is 2. The van der Waals surface area contributed by atoms with E-state index in [1.165, 1.54) is 258 Å². The lowest BCUT2D eigenvalue weighted by Crippen LogP contribution is -2.61. The second kappa shape index (κ2) is 20.3. The lowest BCUT2D eigenvalue weighted by atomic mass is 9.33. The zero-order valence-corrected chi connectivity index (χ0v) is 44.3. The first-order valence-corrected chi connectivity index (χ1v) is 30.1. The average molecular weight is 970 g/mol. The molecule has 14 rings (SSSR count). The topological polar surface area (TPSA) is 11.4 Å². The Morgan fingerprint density at radius 2 is 0.608 bits per heavy atom. The fourth-order valence-electron chi connectivity index (χ4n) is 15.2. The Bertz CT molecular complexity index is 3190. The van der Waals surface area contributed by atoms with E-state index >= 15 is 0 Å². The molecule has 0 saturated heterocycles. The molecule has 3 heterocycles. The average Bonchev–Trinajstić information content (AvgIpc) is 3.95. The first kappa shape index (κ1) is 46.5. The van der Waals surface area contributed by atoms with Crippen molar-refractivity contribution in [2.75, 3.05) is 9.80 Å². The molecule has 0 unspecified atom stereocenters. The normalized spacial score (nSPS) is 18.3. The van der Waals surface area contributed by atoms with E-state index in [1.807, 2.05) is 0 Å². The van der Waals surface area contributed by atoms with Crippen LogP contribution in [-0.2, 0) is 51.4 Å². The van der Waals surface area contributed by atoms with Crippen molar-refractivity contribution in [3.8, 4) is 5.69 Å². The van der Waals surface area contributed by atoms with Crippen molar-refractivity contribution in [1.29, 1.82) is 0 Å². The summed E-state index contributed by atoms with van der Waals surface area (Å²) in [7, 11) is 0. The van der Waals surface area contributed by atoms with Crippen LogP contribution in [0.2, 0.25) is 0 Å². The predicted octanol–water partition coefficient (Wildman–Crippen LogP) is 17.1. The lowest BCUT2D eigenvalue weighted by molar-refractivity contribution is 0.629. The first-order chi connectivity index (χ1) is 36.7. The van der Waals surface area contributed by atoms with Crippen molar-refractivity contribution in [2.45, 2.75) is 180 Å². The molecule has 0 radical (unpaired) electrons. The second-order valence-electron chi connectivity index (χ2n) is 23.7. The molecule has 0 atom stereocenters. The van der Waals surface area contributed by atoms with E-state index in [0.29, 0.717) is 0 Å². The minimum absolute atomic E-state index is 0.112. The van der Waals surface area contributed by atoms with Crippen LogP contribution in [0.25, 0.3) is 27.5 Å². The van der Waals surface area contributed by atoms with E-state index < -0.39 is 0 Å². The molecule has 2 aliphatic heterocycles. The smallest absolute Gasteiger partial charge is 0.252 e. The highest BCUT2D eigenvalue weighted by molar-refractivity contribution is 7.00. The van der Waals surface area contributed by atoms with Crippen molar-refractivity contribution in [1.82, 2.24) is 4.57 Å². The molecule has 3 nitrogen and oxygen atoms in total. The Morgan fingerprint density at radius 3 is 1.01 bits per heavy atom. The van der Waals surface area contributed by atoms with Gasteiger partial charge in [-0.05, 0) is 224 Å². The zero-order valence-electron chi connectivity index (χ0n) is 44.3. The highest BCUT2D eigenvalue weighted by Crippen LogP contribution is 2.48. The van der Waals surface area contributed by atoms with Crippen LogP contribution >= 0.6 is 0 Å². The third kappa shape index (κ3) is 8.42. The monoisotopic (exact) mass is 970 g/mol. The molecule has 74 heavy (non-hydrogen) atoms. The summed E-state index contributed by atoms with van der Waals surface area (Å²) in [6.07, 6.45) is 35.8. The molecule has 0 spiro atoms. The zero-order chi connectivity index (χ0) is 49.0. The van der Waals surface area contributed by atoms with Gasteiger partial charge < -0.3 is 14.4 Å². The van der Waals surface area contributed by atoms with Gasteiger partial charge in [0.2, 0.25) is 0 Å². The quantitative estimate of drug-likeness (QED) is 0.164. The van der Waals surface area contributed by atoms with Crippen LogP contribution in [-0.4, -0.2) is 11.3 Å². The molecule has 8 aromatic rings. The number of benzene rings is 7. The second-order valence-corrected chi connectivity index (χ2v) is 23.7. The molecule has 0 N–H and O–H groups in total. The molecular formula is C70H76BN3. The van der Waals surface area contributed by atoms with E-state index in [-0.39, 0.29) is 6.71 Å². The standard InChI is InChI=1S/C70H76BN3/c1-5-13-25-49-37-39-57(41-51(49)27-15-7-1)72-66-45-55-31-19-11-3-9-17-29-53(55)43-62(66)71-63-44-54-30-18-10-4-12-20-32-56(54)46-67(63)73(58-40-38-50-26-14-6-2-8-16-28-52(50)42-58)69-48-59(47-68(72)70(69)71)74-64-35-23-21-33-60(64)61-34-22-24-36-65(61)74/h21-24,33-48H,1-20,25-32H2. The maximum Gasteiger partial charge on any atom is 0.252 e. The number of anilines is 6. The molecule has 7 aromatic carbocycles. The van der Waals surface area contributed by atoms with Crippen molar-refractivity contribution < 1.29 is 0 Å². The van der Waals surface area contributed by atoms with E-state index in [9.17, 15) is 0 Å². The minimum Gasteiger partial charge on any atom is -0.311 e. The highest BCUT2D eigenvalue weighted by atomic mass is 15.2. The number of rotatable bonds is 3. The van der Waals surface area contributed by atoms with E-state index in [1.54, 1.807) is 44.5 Å². The summed E-state index contributed by atoms with van der Waals surface area (Å²) in [5.41, 5.74) is 29.2. The summed E-state index contributed by atoms with van der Waals surface area (Å²) in [5.74, 6) is 0. The number of aromatic nitrogens is 1. The van der Waals surface area contributed by atoms with Gasteiger partial charge in [0, 0.05) is 44.9 Å². The lowest BCUT2D eigenvalue weighted by Gasteiger charge is -2.45. The number of para-hydroxylation sites is 2. The Kier molecular flexibility index (Phi) is 12.7. The predicted molar refractivity (Wildman–Crippen MR) is 317 cm³/mol. The van der Waals surface area contributed by atoms with Crippen molar-refractivity contribution in [3.05, 3.63) is 166 Å². The van der Waals surface area contributed by atoms with Crippen molar-refractivity contribution >= 4 is 79.0 Å². The number of fused-ring (bicyclic) bond motifs is 11. The molecule has 0 fully saturated rings. The molecule has 6 aliphatic rings. The minimum atomic E-state index is 0.112. The molecule has 1 aromatic heterocycles. The van der Waals surface area contributed by atoms with Gasteiger partial charge in [0.1, 0.15) is 0 Å². The van der Waals surface area contributed by atoms with Gasteiger partial charge in [0.05, 0.1) is 16.7 Å². The van der Waals surface area contributed by atoms with Gasteiger partial charge in [-0.1, -0.05) is 138 Å². The summed E-state index contributed by atoms with van der Waals surface area (Å²) in [4.78, 5) is 5.60. The summed E-state index contributed by atoms with van der Waals surface area (Å²) in [5, 5.41) is 2.63. The van der Waals surface area contributed by atoms with E-state index in [2.05, 4.69) is 136 Å². The van der Waals surface area contributed by atoms with Crippen LogP contribution in [0.4, 0.5) is 34.1 Å². The van der Waals surface area contributed by atoms with Gasteiger partial charge >= 0.3 is 0 Å². The maximum absolute atomic E-state index is 2.80. The van der Waals surface area contributed by atoms with Gasteiger partial charge in [0.25, 0.3) is 6.71 Å². The molecular weight excluding hydrogens is 894 g/mol. The summed E-state index contributed by atoms with van der Waals surface area (Å²) < 4.78 is 2.61. The van der Waals surface area contributed by atoms with Gasteiger partial charge in [-0.15, -0.1) is 0 Å². The Hall–Kier alpha value is -6.00. The third-order valence-electron chi connectivity index (χ3n) is 19.0. The van der Waals surface area contributed by atoms with Crippen molar-refractivity contribution in [2.24, 2.45) is 0 Å². The van der Waals surface area contributed by atoms with Gasteiger partial charge in [-0.3, -0.25) is 0 Å². The van der Waals surface area contributed by atoms with Crippen molar-refractivity contribution in [3.63, 3.8) is 0 Å². The molecule has 0 amide bonds. The third-order valence-corrected chi connectivity index (χ3v) is 19.0. The van der Waals surface area contributed by atoms with Gasteiger partial charge in [-0.2, -0.15) is 0 Å². The van der Waals surface area contributed by atoms with Crippen LogP contribution < -0.4 is 26.2 Å². The number of nitrogens with zero attached hydrogens (tertiary/aromatic N) is 3. The summed E-state index contributed by atoms with van der Waals surface area (Å²) in [6, 6.07) is 50.1. The molecule has 374 valence electrons. The largest absolute Gasteiger partial charge is 0.311 e. The first-order valence-electron chi connectivity index (χ1n) is 30.1. The Morgan fingerprint density at radius 1 is 0.270 bits per heavy atom.